The summed E-state index contributed by atoms with van der Waals surface area (Å²) < 4.78 is 0. The Morgan fingerprint density at radius 2 is 1.73 bits per heavy atom. The first-order valence-corrected chi connectivity index (χ1v) is 11.1. The van der Waals surface area contributed by atoms with Gasteiger partial charge in [0.15, 0.2) is 5.96 Å². The fraction of sp³-hybridized carbons (Fsp3) is 0.750. The van der Waals surface area contributed by atoms with Crippen molar-refractivity contribution in [2.75, 3.05) is 52.4 Å². The van der Waals surface area contributed by atoms with Gasteiger partial charge in [0.25, 0.3) is 0 Å². The van der Waals surface area contributed by atoms with Crippen molar-refractivity contribution >= 4 is 17.3 Å². The summed E-state index contributed by atoms with van der Waals surface area (Å²) in [6.45, 7) is 16.6. The monoisotopic (exact) mass is 379 g/mol. The van der Waals surface area contributed by atoms with E-state index >= 15 is 0 Å². The van der Waals surface area contributed by atoms with Crippen LogP contribution in [-0.2, 0) is 13.0 Å². The minimum atomic E-state index is 0.766. The van der Waals surface area contributed by atoms with E-state index in [1.807, 2.05) is 11.3 Å². The Hall–Kier alpha value is -1.11. The summed E-state index contributed by atoms with van der Waals surface area (Å²) in [5, 5.41) is 6.84. The van der Waals surface area contributed by atoms with Crippen LogP contribution in [0.25, 0.3) is 0 Å². The topological polar surface area (TPSA) is 42.9 Å². The van der Waals surface area contributed by atoms with Gasteiger partial charge in [0.2, 0.25) is 0 Å². The Labute approximate surface area is 163 Å². The molecule has 1 aromatic heterocycles. The molecule has 148 valence electrons. The number of unbranched alkanes of at least 4 members (excludes halogenated alkanes) is 1. The van der Waals surface area contributed by atoms with Gasteiger partial charge in [-0.05, 0) is 51.4 Å². The van der Waals surface area contributed by atoms with Gasteiger partial charge in [-0.15, -0.1) is 11.3 Å². The van der Waals surface area contributed by atoms with E-state index in [1.54, 1.807) is 0 Å². The van der Waals surface area contributed by atoms with Crippen LogP contribution in [0.1, 0.15) is 43.4 Å². The molecule has 0 saturated carbocycles. The van der Waals surface area contributed by atoms with Gasteiger partial charge in [-0.25, -0.2) is 4.99 Å². The number of hydrogen-bond acceptors (Lipinski definition) is 4. The number of piperazine rings is 1. The highest BCUT2D eigenvalue weighted by Gasteiger charge is 2.14. The highest BCUT2D eigenvalue weighted by atomic mass is 32.1. The second kappa shape index (κ2) is 12.3. The van der Waals surface area contributed by atoms with E-state index in [0.717, 1.165) is 32.0 Å². The van der Waals surface area contributed by atoms with Gasteiger partial charge in [-0.1, -0.05) is 13.8 Å². The molecule has 1 aromatic rings. The summed E-state index contributed by atoms with van der Waals surface area (Å²) >= 11 is 1.87. The van der Waals surface area contributed by atoms with Crippen LogP contribution < -0.4 is 10.6 Å². The van der Waals surface area contributed by atoms with Crippen LogP contribution in [0.5, 0.6) is 0 Å². The van der Waals surface area contributed by atoms with E-state index in [-0.39, 0.29) is 0 Å². The Kier molecular flexibility index (Phi) is 10.0. The van der Waals surface area contributed by atoms with Crippen LogP contribution in [0, 0.1) is 0 Å². The number of rotatable bonds is 10. The Balaban J connectivity index is 1.62. The maximum Gasteiger partial charge on any atom is 0.191 e. The first kappa shape index (κ1) is 21.2. The second-order valence-electron chi connectivity index (χ2n) is 6.83. The fourth-order valence-electron chi connectivity index (χ4n) is 3.19. The van der Waals surface area contributed by atoms with Crippen LogP contribution in [0.2, 0.25) is 0 Å². The highest BCUT2D eigenvalue weighted by molar-refractivity contribution is 7.11. The van der Waals surface area contributed by atoms with Crippen LogP contribution in [-0.4, -0.2) is 68.1 Å². The second-order valence-corrected chi connectivity index (χ2v) is 8.08. The molecule has 26 heavy (non-hydrogen) atoms. The summed E-state index contributed by atoms with van der Waals surface area (Å²) in [4.78, 5) is 12.6. The molecule has 2 heterocycles. The Bertz CT molecular complexity index is 520. The molecule has 1 aliphatic heterocycles. The molecular weight excluding hydrogens is 342 g/mol. The Morgan fingerprint density at radius 3 is 2.38 bits per heavy atom. The predicted molar refractivity (Wildman–Crippen MR) is 114 cm³/mol. The van der Waals surface area contributed by atoms with E-state index in [4.69, 9.17) is 4.99 Å². The highest BCUT2D eigenvalue weighted by Crippen LogP contribution is 2.17. The third kappa shape index (κ3) is 7.64. The van der Waals surface area contributed by atoms with Crippen molar-refractivity contribution in [3.63, 3.8) is 0 Å². The normalized spacial score (nSPS) is 16.8. The zero-order valence-corrected chi connectivity index (χ0v) is 17.7. The quantitative estimate of drug-likeness (QED) is 0.373. The summed E-state index contributed by atoms with van der Waals surface area (Å²) in [7, 11) is 0. The summed E-state index contributed by atoms with van der Waals surface area (Å²) in [6, 6.07) is 4.42. The molecule has 6 heteroatoms. The zero-order chi connectivity index (χ0) is 18.6. The molecule has 0 aromatic carbocycles. The molecule has 5 nitrogen and oxygen atoms in total. The van der Waals surface area contributed by atoms with Crippen molar-refractivity contribution in [3.05, 3.63) is 21.9 Å². The van der Waals surface area contributed by atoms with Crippen molar-refractivity contribution in [2.24, 2.45) is 4.99 Å². The molecule has 1 fully saturated rings. The van der Waals surface area contributed by atoms with Gasteiger partial charge in [0.1, 0.15) is 0 Å². The standard InChI is InChI=1S/C20H37N5S/c1-4-18-9-10-19(26-18)17-23-20(21-5-2)22-11-7-8-12-25-15-13-24(6-3)14-16-25/h9-10H,4-8,11-17H2,1-3H3,(H2,21,22,23). The van der Waals surface area contributed by atoms with Crippen molar-refractivity contribution in [1.29, 1.82) is 0 Å². The number of aliphatic imine (C=N–C) groups is 1. The summed E-state index contributed by atoms with van der Waals surface area (Å²) in [5.41, 5.74) is 0. The number of likely N-dealkylation sites (N-methyl/N-ethyl adjacent to an activating group) is 1. The molecule has 2 rings (SSSR count). The molecule has 1 saturated heterocycles. The van der Waals surface area contributed by atoms with Gasteiger partial charge in [0.05, 0.1) is 6.54 Å². The van der Waals surface area contributed by atoms with Crippen LogP contribution in [0.15, 0.2) is 17.1 Å². The van der Waals surface area contributed by atoms with E-state index < -0.39 is 0 Å². The first-order valence-electron chi connectivity index (χ1n) is 10.3. The van der Waals surface area contributed by atoms with Crippen molar-refractivity contribution in [3.8, 4) is 0 Å². The third-order valence-corrected chi connectivity index (χ3v) is 6.12. The van der Waals surface area contributed by atoms with Crippen molar-refractivity contribution in [2.45, 2.75) is 46.6 Å². The minimum Gasteiger partial charge on any atom is -0.357 e. The number of hydrogen-bond donors (Lipinski definition) is 2. The summed E-state index contributed by atoms with van der Waals surface area (Å²) in [6.07, 6.45) is 3.56. The molecule has 0 spiro atoms. The minimum absolute atomic E-state index is 0.766. The molecule has 0 aliphatic carbocycles. The average Bonchev–Trinajstić information content (AvgIpc) is 3.14. The number of aryl methyl sites for hydroxylation is 1. The molecule has 0 bridgehead atoms. The van der Waals surface area contributed by atoms with Gasteiger partial charge in [-0.2, -0.15) is 0 Å². The largest absolute Gasteiger partial charge is 0.357 e. The van der Waals surface area contributed by atoms with E-state index in [9.17, 15) is 0 Å². The van der Waals surface area contributed by atoms with Crippen LogP contribution in [0.4, 0.5) is 0 Å². The lowest BCUT2D eigenvalue weighted by Crippen LogP contribution is -2.46. The average molecular weight is 380 g/mol. The number of thiophene rings is 1. The van der Waals surface area contributed by atoms with Gasteiger partial charge in [0, 0.05) is 49.0 Å². The van der Waals surface area contributed by atoms with Crippen molar-refractivity contribution < 1.29 is 0 Å². The van der Waals surface area contributed by atoms with Crippen molar-refractivity contribution in [1.82, 2.24) is 20.4 Å². The number of nitrogens with one attached hydrogen (secondary N) is 2. The molecule has 2 N–H and O–H groups in total. The van der Waals surface area contributed by atoms with E-state index in [1.165, 1.54) is 61.9 Å². The number of guanidine groups is 1. The maximum absolute atomic E-state index is 4.73. The van der Waals surface area contributed by atoms with Gasteiger partial charge in [-0.3, -0.25) is 0 Å². The predicted octanol–water partition coefficient (Wildman–Crippen LogP) is 2.78. The zero-order valence-electron chi connectivity index (χ0n) is 16.9. The molecule has 0 radical (unpaired) electrons. The van der Waals surface area contributed by atoms with Crippen LogP contribution in [0.3, 0.4) is 0 Å². The lowest BCUT2D eigenvalue weighted by molar-refractivity contribution is 0.136. The molecule has 0 amide bonds. The smallest absolute Gasteiger partial charge is 0.191 e. The molecule has 1 aliphatic rings. The van der Waals surface area contributed by atoms with Gasteiger partial charge >= 0.3 is 0 Å². The van der Waals surface area contributed by atoms with Crippen LogP contribution >= 0.6 is 11.3 Å². The summed E-state index contributed by atoms with van der Waals surface area (Å²) in [5.74, 6) is 0.940. The maximum atomic E-state index is 4.73. The lowest BCUT2D eigenvalue weighted by Gasteiger charge is -2.34. The molecule has 0 unspecified atom stereocenters. The number of nitrogens with zero attached hydrogens (tertiary/aromatic N) is 3. The molecule has 0 atom stereocenters. The lowest BCUT2D eigenvalue weighted by atomic mass is 10.2. The van der Waals surface area contributed by atoms with Gasteiger partial charge < -0.3 is 20.4 Å². The first-order chi connectivity index (χ1) is 12.7. The third-order valence-electron chi connectivity index (χ3n) is 4.91. The molecular formula is C20H37N5S. The van der Waals surface area contributed by atoms with E-state index in [2.05, 4.69) is 53.3 Å². The fourth-order valence-corrected chi connectivity index (χ4v) is 4.07. The Morgan fingerprint density at radius 1 is 1.00 bits per heavy atom. The van der Waals surface area contributed by atoms with E-state index in [0.29, 0.717) is 0 Å². The SMILES string of the molecule is CCNC(=NCc1ccc(CC)s1)NCCCCN1CCN(CC)CC1.